The first-order chi connectivity index (χ1) is 39.8. The lowest BCUT2D eigenvalue weighted by Gasteiger charge is -2.51. The van der Waals surface area contributed by atoms with Crippen molar-refractivity contribution in [3.63, 3.8) is 0 Å². The zero-order chi connectivity index (χ0) is 72.9. The molecular formula is C56H78F34. The van der Waals surface area contributed by atoms with Gasteiger partial charge in [0.15, 0.2) is 0 Å². The molecule has 0 aliphatic heterocycles. The molecule has 15 unspecified atom stereocenters. The molecule has 6 aliphatic rings. The van der Waals surface area contributed by atoms with E-state index in [2.05, 4.69) is 0 Å². The number of rotatable bonds is 0. The van der Waals surface area contributed by atoms with E-state index in [0.717, 1.165) is 27.2 Å². The van der Waals surface area contributed by atoms with Gasteiger partial charge >= 0.3 is 66.9 Å². The Morgan fingerprint density at radius 2 is 0.544 bits per heavy atom. The molecule has 0 heterocycles. The quantitative estimate of drug-likeness (QED) is 0.212. The first-order valence-corrected chi connectivity index (χ1v) is 28.6. The minimum Gasteiger partial charge on any atom is -0.244 e. The molecule has 540 valence electrons. The SMILES string of the molecule is CC1C(C(F)(F)F)C(C)[C@@H](C)C(C(F)(F)F)C1C(F)(F)F.CC1C(F)(F)C(F)(F)C(C)(F)C(F)(F)C1(F)F.CC1C(F)C(F)C(C)C(F)C1F.CC1CC(C(F)(F)F)C(C)C(C(F)(F)F)C1.CC1CC(C(F)(F)F)C[C@@H](C)C1.[2H][C@]1(C)CC(C)CC(C(F)(F)F)C1. The highest BCUT2D eigenvalue weighted by molar-refractivity contribution is 5.20. The van der Waals surface area contributed by atoms with Gasteiger partial charge in [0.25, 0.3) is 0 Å². The summed E-state index contributed by atoms with van der Waals surface area (Å²) in [5.74, 6) is -51.0. The molecule has 90 heavy (non-hydrogen) atoms. The molecule has 0 nitrogen and oxygen atoms in total. The molecule has 0 amide bonds. The summed E-state index contributed by atoms with van der Waals surface area (Å²) in [6, 6.07) is 0. The number of hydrogen-bond acceptors (Lipinski definition) is 0. The Balaban J connectivity index is 0.000000552. The molecule has 6 rings (SSSR count). The van der Waals surface area contributed by atoms with Crippen LogP contribution in [0.4, 0.5) is 149 Å². The van der Waals surface area contributed by atoms with E-state index in [1.54, 1.807) is 13.8 Å². The van der Waals surface area contributed by atoms with Crippen molar-refractivity contribution in [2.24, 2.45) is 112 Å². The largest absolute Gasteiger partial charge is 0.392 e. The fourth-order valence-corrected chi connectivity index (χ4v) is 13.5. The van der Waals surface area contributed by atoms with Crippen LogP contribution in [0.15, 0.2) is 0 Å². The van der Waals surface area contributed by atoms with Gasteiger partial charge in [0.1, 0.15) is 24.7 Å². The monoisotopic (exact) mass is 1400 g/mol. The van der Waals surface area contributed by atoms with Crippen molar-refractivity contribution in [1.82, 2.24) is 0 Å². The topological polar surface area (TPSA) is 0 Å². The Bertz CT molecular complexity index is 2080. The Morgan fingerprint density at radius 1 is 0.289 bits per heavy atom. The summed E-state index contributed by atoms with van der Waals surface area (Å²) in [4.78, 5) is 0. The van der Waals surface area contributed by atoms with Crippen molar-refractivity contribution in [2.45, 2.75) is 239 Å². The third kappa shape index (κ3) is 19.9. The van der Waals surface area contributed by atoms with Gasteiger partial charge in [-0.25, -0.2) is 22.0 Å². The molecule has 6 aliphatic carbocycles. The molecule has 0 aromatic rings. The molecule has 0 N–H and O–H groups in total. The minimum absolute atomic E-state index is 0.0166. The Hall–Kier alpha value is -2.38. The van der Waals surface area contributed by atoms with Crippen LogP contribution in [-0.4, -0.2) is 97.3 Å². The van der Waals surface area contributed by atoms with Gasteiger partial charge < -0.3 is 0 Å². The van der Waals surface area contributed by atoms with Crippen LogP contribution in [0.25, 0.3) is 0 Å². The second kappa shape index (κ2) is 29.5. The average molecular weight is 1400 g/mol. The van der Waals surface area contributed by atoms with Crippen molar-refractivity contribution in [3.05, 3.63) is 0 Å². The van der Waals surface area contributed by atoms with E-state index in [1.165, 1.54) is 20.8 Å². The lowest BCUT2D eigenvalue weighted by atomic mass is 9.57. The van der Waals surface area contributed by atoms with E-state index < -0.39 is 199 Å². The molecule has 34 heteroatoms. The zero-order valence-corrected chi connectivity index (χ0v) is 50.7. The average Bonchev–Trinajstić information content (AvgIpc) is 0.687. The smallest absolute Gasteiger partial charge is 0.244 e. The van der Waals surface area contributed by atoms with Crippen LogP contribution >= 0.6 is 0 Å². The van der Waals surface area contributed by atoms with Gasteiger partial charge in [-0.3, -0.25) is 0 Å². The van der Waals surface area contributed by atoms with Crippen molar-refractivity contribution in [1.29, 1.82) is 0 Å². The summed E-state index contributed by atoms with van der Waals surface area (Å²) in [5, 5.41) is 0. The van der Waals surface area contributed by atoms with Gasteiger partial charge in [0.2, 0.25) is 5.67 Å². The molecule has 18 atom stereocenters. The molecular weight excluding hydrogens is 1320 g/mol. The van der Waals surface area contributed by atoms with Gasteiger partial charge in [-0.1, -0.05) is 83.1 Å². The Kier molecular flexibility index (Phi) is 27.5. The molecule has 0 aromatic heterocycles. The van der Waals surface area contributed by atoms with E-state index in [4.69, 9.17) is 1.37 Å². The number of halogens is 34. The van der Waals surface area contributed by atoms with Crippen LogP contribution in [0.2, 0.25) is 0 Å². The second-order valence-electron chi connectivity index (χ2n) is 26.2. The summed E-state index contributed by atoms with van der Waals surface area (Å²) in [6.45, 7) is 13.6. The van der Waals surface area contributed by atoms with E-state index >= 15 is 0 Å². The lowest BCUT2D eigenvalue weighted by molar-refractivity contribution is -0.428. The molecule has 6 fully saturated rings. The van der Waals surface area contributed by atoms with Gasteiger partial charge in [0, 0.05) is 13.2 Å². The van der Waals surface area contributed by atoms with Crippen LogP contribution in [0.3, 0.4) is 0 Å². The van der Waals surface area contributed by atoms with Crippen molar-refractivity contribution < 1.29 is 151 Å². The van der Waals surface area contributed by atoms with E-state index in [9.17, 15) is 149 Å². The highest BCUT2D eigenvalue weighted by Gasteiger charge is 2.91. The maximum absolute atomic E-state index is 13.1. The maximum Gasteiger partial charge on any atom is 0.392 e. The van der Waals surface area contributed by atoms with Crippen LogP contribution in [0.1, 0.15) is 143 Å². The van der Waals surface area contributed by atoms with Gasteiger partial charge in [0.05, 0.1) is 47.3 Å². The maximum atomic E-state index is 13.1. The molecule has 0 spiro atoms. The highest BCUT2D eigenvalue weighted by Crippen LogP contribution is 2.66. The van der Waals surface area contributed by atoms with Crippen LogP contribution in [-0.2, 0) is 0 Å². The zero-order valence-electron chi connectivity index (χ0n) is 51.7. The summed E-state index contributed by atoms with van der Waals surface area (Å²) in [7, 11) is 0. The van der Waals surface area contributed by atoms with E-state index in [0.29, 0.717) is 26.2 Å². The van der Waals surface area contributed by atoms with Crippen LogP contribution < -0.4 is 0 Å². The van der Waals surface area contributed by atoms with Gasteiger partial charge in [-0.15, -0.1) is 0 Å². The van der Waals surface area contributed by atoms with Gasteiger partial charge in [-0.05, 0) is 112 Å². The predicted molar refractivity (Wildman–Crippen MR) is 263 cm³/mol. The fourth-order valence-electron chi connectivity index (χ4n) is 13.5. The van der Waals surface area contributed by atoms with Crippen LogP contribution in [0, 0.1) is 112 Å². The first kappa shape index (κ1) is 83.7. The molecule has 0 bridgehead atoms. The molecule has 0 radical (unpaired) electrons. The number of hydrogen-bond donors (Lipinski definition) is 0. The predicted octanol–water partition coefficient (Wildman–Crippen LogP) is 23.6. The Morgan fingerprint density at radius 3 is 0.811 bits per heavy atom. The summed E-state index contributed by atoms with van der Waals surface area (Å²) < 4.78 is 442. The number of alkyl halides is 34. The minimum atomic E-state index is -5.90. The third-order valence-electron chi connectivity index (χ3n) is 18.8. The third-order valence-corrected chi connectivity index (χ3v) is 18.8. The molecule has 6 saturated carbocycles. The van der Waals surface area contributed by atoms with Gasteiger partial charge in [-0.2, -0.15) is 127 Å². The summed E-state index contributed by atoms with van der Waals surface area (Å²) >= 11 is 0. The van der Waals surface area contributed by atoms with E-state index in [-0.39, 0.29) is 50.4 Å². The van der Waals surface area contributed by atoms with Crippen molar-refractivity contribution in [3.8, 4) is 0 Å². The Labute approximate surface area is 501 Å². The lowest BCUT2D eigenvalue weighted by Crippen LogP contribution is -2.77. The van der Waals surface area contributed by atoms with Crippen LogP contribution in [0.5, 0.6) is 0 Å². The van der Waals surface area contributed by atoms with Crippen molar-refractivity contribution >= 4 is 0 Å². The van der Waals surface area contributed by atoms with E-state index in [1.807, 2.05) is 13.8 Å². The molecule has 0 aromatic carbocycles. The highest BCUT2D eigenvalue weighted by atomic mass is 19.4. The second-order valence-corrected chi connectivity index (χ2v) is 26.2. The summed E-state index contributed by atoms with van der Waals surface area (Å²) in [6.07, 6.45) is -38.2. The molecule has 0 saturated heterocycles. The van der Waals surface area contributed by atoms with Crippen molar-refractivity contribution in [2.75, 3.05) is 0 Å². The summed E-state index contributed by atoms with van der Waals surface area (Å²) in [5.41, 5.74) is -5.35. The normalized spacial score (nSPS) is 42.4. The first-order valence-electron chi connectivity index (χ1n) is 29.1. The standard InChI is InChI=1S/C12H15F9.C10H14F6.2C9H15F3.C8H7F9.C8H12F4/c1-4-5(2)8(11(16,17)18)9(12(19,20)21)6(3)7(4)10(13,14)15;1-5-3-7(9(11,12)13)6(2)8(4-5)10(14,15)16;2*1-6-3-7(2)5-8(4-6)9(10,11)12;1-3-5(10,11)7(14,15)4(2,9)8(16,17)6(3,12)13;1-3-5(9)7(11)4(2)8(12)6(3)10/h4-9H,1-3H3;5-8H,3-4H2,1-2H3;2*6-8H,3-5H2,1-2H3;3H,1-2H3;3-8H,1-2H3/t4?,5-,6?,7?,8?,9?;;2*6-,7?,8?;;/m1.00../s1/i;;6D;;;. The fraction of sp³-hybridized carbons (Fsp3) is 1.00.